The molecule has 72 valence electrons. The van der Waals surface area contributed by atoms with Gasteiger partial charge in [0.1, 0.15) is 5.52 Å². The number of aromatic nitrogens is 4. The number of carbonyl (C=O) groups excluding carboxylic acids is 1. The van der Waals surface area contributed by atoms with Gasteiger partial charge in [-0.1, -0.05) is 0 Å². The monoisotopic (exact) mass is 210 g/mol. The molecule has 0 amide bonds. The molecular formula is C7H6N4O2S. The van der Waals surface area contributed by atoms with E-state index in [0.29, 0.717) is 11.2 Å². The molecule has 7 heteroatoms. The van der Waals surface area contributed by atoms with Crippen LogP contribution in [0.2, 0.25) is 0 Å². The van der Waals surface area contributed by atoms with Crippen molar-refractivity contribution in [2.24, 2.45) is 0 Å². The Kier molecular flexibility index (Phi) is 2.01. The fourth-order valence-electron chi connectivity index (χ4n) is 1.04. The Morgan fingerprint density at radius 3 is 3.14 bits per heavy atom. The van der Waals surface area contributed by atoms with Gasteiger partial charge in [0.2, 0.25) is 4.77 Å². The first-order valence-corrected chi connectivity index (χ1v) is 4.19. The third kappa shape index (κ3) is 1.49. The second-order valence-electron chi connectivity index (χ2n) is 2.57. The van der Waals surface area contributed by atoms with Gasteiger partial charge in [-0.25, -0.2) is 4.98 Å². The summed E-state index contributed by atoms with van der Waals surface area (Å²) in [5, 5.41) is 0. The van der Waals surface area contributed by atoms with Crippen LogP contribution in [0.5, 0.6) is 5.88 Å². The fourth-order valence-corrected chi connectivity index (χ4v) is 1.22. The maximum Gasteiger partial charge on any atom is 0.309 e. The molecule has 0 atom stereocenters. The van der Waals surface area contributed by atoms with Crippen LogP contribution in [-0.2, 0) is 4.79 Å². The van der Waals surface area contributed by atoms with Gasteiger partial charge in [0.05, 0.1) is 6.33 Å². The third-order valence-electron chi connectivity index (χ3n) is 1.52. The molecule has 0 bridgehead atoms. The number of esters is 1. The van der Waals surface area contributed by atoms with E-state index in [2.05, 4.69) is 19.9 Å². The minimum atomic E-state index is -0.450. The maximum absolute atomic E-state index is 10.7. The second kappa shape index (κ2) is 3.18. The van der Waals surface area contributed by atoms with E-state index >= 15 is 0 Å². The van der Waals surface area contributed by atoms with Crippen molar-refractivity contribution < 1.29 is 9.53 Å². The van der Waals surface area contributed by atoms with E-state index < -0.39 is 5.97 Å². The summed E-state index contributed by atoms with van der Waals surface area (Å²) in [5.74, 6) is -0.303. The summed E-state index contributed by atoms with van der Waals surface area (Å²) in [6.45, 7) is 1.30. The van der Waals surface area contributed by atoms with Gasteiger partial charge in [0.25, 0.3) is 5.88 Å². The zero-order valence-electron chi connectivity index (χ0n) is 7.20. The molecule has 0 aliphatic carbocycles. The van der Waals surface area contributed by atoms with Gasteiger partial charge in [0, 0.05) is 6.92 Å². The predicted octanol–water partition coefficient (Wildman–Crippen LogP) is 0.941. The first kappa shape index (κ1) is 8.82. The highest BCUT2D eigenvalue weighted by Gasteiger charge is 2.08. The molecule has 0 spiro atoms. The fraction of sp³-hybridized carbons (Fsp3) is 0.143. The number of hydrogen-bond acceptors (Lipinski definition) is 5. The summed E-state index contributed by atoms with van der Waals surface area (Å²) < 4.78 is 5.08. The molecule has 6 nitrogen and oxygen atoms in total. The number of nitrogens with one attached hydrogen (secondary N) is 2. The van der Waals surface area contributed by atoms with Gasteiger partial charge in [0.15, 0.2) is 5.65 Å². The van der Waals surface area contributed by atoms with Crippen molar-refractivity contribution in [1.82, 2.24) is 19.9 Å². The van der Waals surface area contributed by atoms with Gasteiger partial charge in [-0.15, -0.1) is 0 Å². The number of H-pyrrole nitrogens is 2. The van der Waals surface area contributed by atoms with E-state index in [0.717, 1.165) is 0 Å². The zero-order valence-corrected chi connectivity index (χ0v) is 8.01. The molecule has 0 saturated heterocycles. The van der Waals surface area contributed by atoms with Crippen molar-refractivity contribution in [2.45, 2.75) is 6.92 Å². The minimum absolute atomic E-state index is 0.147. The summed E-state index contributed by atoms with van der Waals surface area (Å²) in [6.07, 6.45) is 1.46. The molecule has 0 aliphatic rings. The Balaban J connectivity index is 2.66. The lowest BCUT2D eigenvalue weighted by Gasteiger charge is -1.99. The van der Waals surface area contributed by atoms with Gasteiger partial charge < -0.3 is 14.7 Å². The SMILES string of the molecule is CC(=O)Oc1nc(=S)[nH]c2nc[nH]c12. The highest BCUT2D eigenvalue weighted by molar-refractivity contribution is 7.71. The number of carbonyl (C=O) groups is 1. The van der Waals surface area contributed by atoms with Crippen LogP contribution in [0.3, 0.4) is 0 Å². The summed E-state index contributed by atoms with van der Waals surface area (Å²) >= 11 is 4.83. The molecule has 2 rings (SSSR count). The highest BCUT2D eigenvalue weighted by Crippen LogP contribution is 2.17. The number of fused-ring (bicyclic) bond motifs is 1. The zero-order chi connectivity index (χ0) is 10.1. The Labute approximate surface area is 83.3 Å². The topological polar surface area (TPSA) is 83.7 Å². The highest BCUT2D eigenvalue weighted by atomic mass is 32.1. The van der Waals surface area contributed by atoms with E-state index in [1.807, 2.05) is 0 Å². The van der Waals surface area contributed by atoms with Crippen LogP contribution in [0, 0.1) is 4.77 Å². The van der Waals surface area contributed by atoms with Gasteiger partial charge in [-0.2, -0.15) is 4.98 Å². The Hall–Kier alpha value is -1.76. The molecule has 0 fully saturated rings. The first-order valence-electron chi connectivity index (χ1n) is 3.78. The van der Waals surface area contributed by atoms with Crippen LogP contribution in [-0.4, -0.2) is 25.9 Å². The Morgan fingerprint density at radius 2 is 2.43 bits per heavy atom. The Morgan fingerprint density at radius 1 is 1.64 bits per heavy atom. The van der Waals surface area contributed by atoms with E-state index in [-0.39, 0.29) is 10.7 Å². The molecule has 0 aromatic carbocycles. The van der Waals surface area contributed by atoms with Crippen LogP contribution < -0.4 is 4.74 Å². The molecule has 0 radical (unpaired) electrons. The molecule has 0 aliphatic heterocycles. The minimum Gasteiger partial charge on any atom is -0.405 e. The summed E-state index contributed by atoms with van der Waals surface area (Å²) in [6, 6.07) is 0. The smallest absolute Gasteiger partial charge is 0.309 e. The largest absolute Gasteiger partial charge is 0.405 e. The normalized spacial score (nSPS) is 10.4. The Bertz CT molecular complexity index is 544. The van der Waals surface area contributed by atoms with Crippen molar-refractivity contribution in [1.29, 1.82) is 0 Å². The number of nitrogens with zero attached hydrogens (tertiary/aromatic N) is 2. The lowest BCUT2D eigenvalue weighted by Crippen LogP contribution is -2.04. The quantitative estimate of drug-likeness (QED) is 0.540. The molecular weight excluding hydrogens is 204 g/mol. The van der Waals surface area contributed by atoms with Crippen molar-refractivity contribution in [3.05, 3.63) is 11.1 Å². The summed E-state index contributed by atoms with van der Waals surface area (Å²) in [5.41, 5.74) is 1.04. The van der Waals surface area contributed by atoms with Crippen molar-refractivity contribution in [2.75, 3.05) is 0 Å². The average Bonchev–Trinajstić information content (AvgIpc) is 2.50. The maximum atomic E-state index is 10.7. The predicted molar refractivity (Wildman–Crippen MR) is 50.4 cm³/mol. The van der Waals surface area contributed by atoms with Crippen LogP contribution in [0.4, 0.5) is 0 Å². The van der Waals surface area contributed by atoms with Gasteiger partial charge in [-0.3, -0.25) is 4.79 Å². The van der Waals surface area contributed by atoms with Crippen LogP contribution in [0.15, 0.2) is 6.33 Å². The van der Waals surface area contributed by atoms with Gasteiger partial charge >= 0.3 is 5.97 Å². The lowest BCUT2D eigenvalue weighted by molar-refractivity contribution is -0.132. The van der Waals surface area contributed by atoms with Crippen molar-refractivity contribution >= 4 is 29.4 Å². The number of imidazole rings is 1. The molecule has 14 heavy (non-hydrogen) atoms. The second-order valence-corrected chi connectivity index (χ2v) is 2.95. The average molecular weight is 210 g/mol. The molecule has 0 unspecified atom stereocenters. The number of aromatic amines is 2. The molecule has 2 N–H and O–H groups in total. The van der Waals surface area contributed by atoms with Crippen LogP contribution in [0.1, 0.15) is 6.92 Å². The molecule has 2 heterocycles. The van der Waals surface area contributed by atoms with Crippen molar-refractivity contribution in [3.63, 3.8) is 0 Å². The van der Waals surface area contributed by atoms with E-state index in [9.17, 15) is 4.79 Å². The molecule has 0 saturated carbocycles. The number of ether oxygens (including phenoxy) is 1. The third-order valence-corrected chi connectivity index (χ3v) is 1.72. The number of rotatable bonds is 1. The first-order chi connectivity index (χ1) is 6.66. The van der Waals surface area contributed by atoms with Crippen LogP contribution in [0.25, 0.3) is 11.2 Å². The lowest BCUT2D eigenvalue weighted by atomic mass is 10.5. The summed E-state index contributed by atoms with van der Waals surface area (Å²) in [4.78, 5) is 24.1. The summed E-state index contributed by atoms with van der Waals surface area (Å²) in [7, 11) is 0. The van der Waals surface area contributed by atoms with Gasteiger partial charge in [-0.05, 0) is 12.2 Å². The molecule has 2 aromatic rings. The van der Waals surface area contributed by atoms with Crippen LogP contribution >= 0.6 is 12.2 Å². The van der Waals surface area contributed by atoms with E-state index in [1.165, 1.54) is 13.3 Å². The number of hydrogen-bond donors (Lipinski definition) is 2. The standard InChI is InChI=1S/C7H6N4O2S/c1-3(12)13-6-4-5(9-2-8-4)10-7(14)11-6/h2H,1H3,(H2,8,9,10,11,14). The van der Waals surface area contributed by atoms with Crippen molar-refractivity contribution in [3.8, 4) is 5.88 Å². The van der Waals surface area contributed by atoms with E-state index in [1.54, 1.807) is 0 Å². The molecule has 2 aromatic heterocycles. The van der Waals surface area contributed by atoms with E-state index in [4.69, 9.17) is 17.0 Å².